The van der Waals surface area contributed by atoms with Crippen LogP contribution in [0.5, 0.6) is 0 Å². The van der Waals surface area contributed by atoms with E-state index in [9.17, 15) is 14.4 Å². The SMILES string of the molecule is CC1(C)C2CC3OB([C@H]4CCCCCCCCC[C@H](N)C(=O)N5C[C@H](OC(=O)N6Cc7ccccc7C6)C[C@H]5C(=O)N4)OC3(C)C1C2. The van der Waals surface area contributed by atoms with Crippen LogP contribution < -0.4 is 11.1 Å². The molecule has 4 unspecified atom stereocenters. The Morgan fingerprint density at radius 3 is 2.30 bits per heavy atom. The summed E-state index contributed by atoms with van der Waals surface area (Å²) in [5.41, 5.74) is 8.51. The molecule has 3 aliphatic carbocycles. The van der Waals surface area contributed by atoms with E-state index in [1.165, 1.54) is 0 Å². The Morgan fingerprint density at radius 2 is 1.62 bits per heavy atom. The van der Waals surface area contributed by atoms with E-state index in [2.05, 4.69) is 26.1 Å². The second-order valence-electron chi connectivity index (χ2n) is 16.0. The first-order valence-electron chi connectivity index (χ1n) is 18.3. The van der Waals surface area contributed by atoms with Gasteiger partial charge in [-0.3, -0.25) is 14.5 Å². The van der Waals surface area contributed by atoms with Crippen LogP contribution in [0, 0.1) is 17.3 Å². The van der Waals surface area contributed by atoms with Crippen LogP contribution in [0.1, 0.15) is 109 Å². The first-order valence-corrected chi connectivity index (χ1v) is 18.3. The number of ether oxygens (including phenoxy) is 1. The second kappa shape index (κ2) is 13.0. The molecule has 4 aliphatic heterocycles. The van der Waals surface area contributed by atoms with Crippen LogP contribution in [0.25, 0.3) is 0 Å². The maximum Gasteiger partial charge on any atom is 0.481 e. The quantitative estimate of drug-likeness (QED) is 0.446. The van der Waals surface area contributed by atoms with Gasteiger partial charge in [-0.15, -0.1) is 0 Å². The van der Waals surface area contributed by atoms with Gasteiger partial charge in [0.1, 0.15) is 12.1 Å². The summed E-state index contributed by atoms with van der Waals surface area (Å²) in [4.78, 5) is 44.5. The maximum absolute atomic E-state index is 14.2. The third-order valence-corrected chi connectivity index (χ3v) is 12.7. The van der Waals surface area contributed by atoms with Gasteiger partial charge in [-0.2, -0.15) is 0 Å². The smallest absolute Gasteiger partial charge is 0.444 e. The molecule has 1 aromatic carbocycles. The third-order valence-electron chi connectivity index (χ3n) is 12.7. The molecule has 256 valence electrons. The second-order valence-corrected chi connectivity index (χ2v) is 16.0. The van der Waals surface area contributed by atoms with Gasteiger partial charge in [-0.25, -0.2) is 4.79 Å². The van der Waals surface area contributed by atoms with E-state index in [4.69, 9.17) is 19.8 Å². The molecule has 11 heteroatoms. The first kappa shape index (κ1) is 32.9. The molecule has 47 heavy (non-hydrogen) atoms. The summed E-state index contributed by atoms with van der Waals surface area (Å²) in [5.74, 6) is 0.208. The number of nitrogens with one attached hydrogen (secondary N) is 1. The van der Waals surface area contributed by atoms with Gasteiger partial charge in [0, 0.05) is 19.5 Å². The molecule has 8 atom stereocenters. The number of amides is 3. The summed E-state index contributed by atoms with van der Waals surface area (Å²) in [6.45, 7) is 8.02. The average Bonchev–Trinajstić information content (AvgIpc) is 3.76. The molecule has 7 aliphatic rings. The van der Waals surface area contributed by atoms with E-state index in [0.717, 1.165) is 75.3 Å². The van der Waals surface area contributed by atoms with Crippen LogP contribution >= 0.6 is 0 Å². The number of benzene rings is 1. The fourth-order valence-corrected chi connectivity index (χ4v) is 9.63. The minimum atomic E-state index is -0.788. The summed E-state index contributed by atoms with van der Waals surface area (Å²) in [6, 6.07) is 6.50. The van der Waals surface area contributed by atoms with Crippen molar-refractivity contribution in [1.82, 2.24) is 15.1 Å². The Morgan fingerprint density at radius 1 is 0.957 bits per heavy atom. The lowest BCUT2D eigenvalue weighted by atomic mass is 9.43. The predicted octanol–water partition coefficient (Wildman–Crippen LogP) is 4.71. The van der Waals surface area contributed by atoms with Gasteiger partial charge in [-0.1, -0.05) is 83.1 Å². The highest BCUT2D eigenvalue weighted by atomic mass is 16.7. The molecule has 3 saturated heterocycles. The molecule has 2 bridgehead atoms. The highest BCUT2D eigenvalue weighted by Gasteiger charge is 2.68. The van der Waals surface area contributed by atoms with Crippen molar-refractivity contribution >= 4 is 25.0 Å². The van der Waals surface area contributed by atoms with E-state index in [1.54, 1.807) is 9.80 Å². The molecule has 8 rings (SSSR count). The van der Waals surface area contributed by atoms with E-state index in [1.807, 2.05) is 24.3 Å². The van der Waals surface area contributed by atoms with Crippen molar-refractivity contribution in [1.29, 1.82) is 0 Å². The lowest BCUT2D eigenvalue weighted by molar-refractivity contribution is -0.199. The number of rotatable bonds is 2. The highest BCUT2D eigenvalue weighted by molar-refractivity contribution is 6.47. The standard InChI is InChI=1S/C36H53BN4O6/c1-35(2)25-17-29(35)36(3)30(18-25)46-37(47-36)31-16-10-8-6-4-5-7-9-15-27(38)33(43)41-22-26(19-28(41)32(42)39-31)45-34(44)40-20-23-13-11-12-14-24(23)21-40/h11-14,25-31H,4-10,15-22,38H2,1-3H3,(H,39,42)/t25?,26-,27+,28+,29?,30?,31-,36?/m1/s1. The fourth-order valence-electron chi connectivity index (χ4n) is 9.63. The van der Waals surface area contributed by atoms with Gasteiger partial charge >= 0.3 is 13.2 Å². The Balaban J connectivity index is 1.07. The number of carbonyl (C=O) groups is 3. The minimum absolute atomic E-state index is 0.0182. The Kier molecular flexibility index (Phi) is 9.11. The van der Waals surface area contributed by atoms with Crippen molar-refractivity contribution in [3.63, 3.8) is 0 Å². The summed E-state index contributed by atoms with van der Waals surface area (Å²) < 4.78 is 19.5. The molecule has 4 heterocycles. The number of fused-ring (bicyclic) bond motifs is 2. The lowest BCUT2D eigenvalue weighted by Gasteiger charge is -2.64. The zero-order valence-electron chi connectivity index (χ0n) is 28.5. The highest BCUT2D eigenvalue weighted by Crippen LogP contribution is 2.65. The van der Waals surface area contributed by atoms with Gasteiger partial charge < -0.3 is 30.0 Å². The van der Waals surface area contributed by atoms with Crippen LogP contribution in [0.15, 0.2) is 24.3 Å². The van der Waals surface area contributed by atoms with Crippen molar-refractivity contribution in [3.8, 4) is 0 Å². The molecule has 6 fully saturated rings. The fraction of sp³-hybridized carbons (Fsp3) is 0.750. The van der Waals surface area contributed by atoms with Crippen molar-refractivity contribution in [2.75, 3.05) is 6.54 Å². The third kappa shape index (κ3) is 6.21. The van der Waals surface area contributed by atoms with E-state index in [0.29, 0.717) is 31.3 Å². The van der Waals surface area contributed by atoms with E-state index >= 15 is 0 Å². The van der Waals surface area contributed by atoms with Gasteiger partial charge in [-0.05, 0) is 61.0 Å². The number of hydrogen-bond acceptors (Lipinski definition) is 7. The number of nitrogens with two attached hydrogens (primary N) is 1. The molecule has 0 aromatic heterocycles. The summed E-state index contributed by atoms with van der Waals surface area (Å²) in [5, 5.41) is 3.29. The molecule has 3 saturated carbocycles. The summed E-state index contributed by atoms with van der Waals surface area (Å²) >= 11 is 0. The zero-order valence-corrected chi connectivity index (χ0v) is 28.5. The summed E-state index contributed by atoms with van der Waals surface area (Å²) in [7, 11) is -0.541. The molecule has 10 nitrogen and oxygen atoms in total. The monoisotopic (exact) mass is 648 g/mol. The van der Waals surface area contributed by atoms with Gasteiger partial charge in [0.25, 0.3) is 0 Å². The Bertz CT molecular complexity index is 1340. The largest absolute Gasteiger partial charge is 0.481 e. The van der Waals surface area contributed by atoms with Crippen LogP contribution in [0.3, 0.4) is 0 Å². The Hall–Kier alpha value is -2.63. The van der Waals surface area contributed by atoms with Crippen LogP contribution in [-0.2, 0) is 36.7 Å². The number of nitrogens with zero attached hydrogens (tertiary/aromatic N) is 2. The van der Waals surface area contributed by atoms with E-state index in [-0.39, 0.29) is 47.8 Å². The molecule has 0 spiro atoms. The summed E-state index contributed by atoms with van der Waals surface area (Å²) in [6.07, 6.45) is 10.1. The zero-order chi connectivity index (χ0) is 32.9. The molecule has 0 radical (unpaired) electrons. The van der Waals surface area contributed by atoms with Crippen molar-refractivity contribution in [3.05, 3.63) is 35.4 Å². The number of carbonyl (C=O) groups excluding carboxylic acids is 3. The van der Waals surface area contributed by atoms with E-state index < -0.39 is 31.4 Å². The topological polar surface area (TPSA) is 123 Å². The number of hydrogen-bond donors (Lipinski definition) is 2. The molecular weight excluding hydrogens is 595 g/mol. The van der Waals surface area contributed by atoms with Gasteiger partial charge in [0.15, 0.2) is 0 Å². The maximum atomic E-state index is 14.2. The van der Waals surface area contributed by atoms with Crippen molar-refractivity contribution < 1.29 is 28.4 Å². The van der Waals surface area contributed by atoms with Crippen molar-refractivity contribution in [2.24, 2.45) is 23.0 Å². The molecule has 1 aromatic rings. The van der Waals surface area contributed by atoms with Crippen molar-refractivity contribution in [2.45, 2.75) is 147 Å². The first-order chi connectivity index (χ1) is 22.5. The van der Waals surface area contributed by atoms with Crippen LogP contribution in [0.2, 0.25) is 0 Å². The van der Waals surface area contributed by atoms with Crippen LogP contribution in [0.4, 0.5) is 4.79 Å². The predicted molar refractivity (Wildman–Crippen MR) is 178 cm³/mol. The average molecular weight is 649 g/mol. The Labute approximate surface area is 279 Å². The van der Waals surface area contributed by atoms with Gasteiger partial charge in [0.2, 0.25) is 11.8 Å². The van der Waals surface area contributed by atoms with Gasteiger partial charge in [0.05, 0.1) is 30.2 Å². The normalized spacial score (nSPS) is 37.4. The molecule has 3 amide bonds. The molecular formula is C36H53BN4O6. The molecule has 3 N–H and O–H groups in total. The van der Waals surface area contributed by atoms with Crippen LogP contribution in [-0.4, -0.2) is 77.2 Å². The lowest BCUT2D eigenvalue weighted by Crippen LogP contribution is -2.65. The minimum Gasteiger partial charge on any atom is -0.444 e.